The quantitative estimate of drug-likeness (QED) is 0.914. The average molecular weight is 264 g/mol. The van der Waals surface area contributed by atoms with E-state index in [4.69, 9.17) is 16.3 Å². The van der Waals surface area contributed by atoms with Crippen molar-refractivity contribution in [3.05, 3.63) is 52.7 Å². The minimum absolute atomic E-state index is 0.411. The summed E-state index contributed by atoms with van der Waals surface area (Å²) < 4.78 is 5.68. The monoisotopic (exact) mass is 263 g/mol. The highest BCUT2D eigenvalue weighted by Gasteiger charge is 2.11. The Hall–Kier alpha value is -1.58. The van der Waals surface area contributed by atoms with Crippen LogP contribution in [0.25, 0.3) is 0 Å². The summed E-state index contributed by atoms with van der Waals surface area (Å²) in [5.74, 6) is 1.06. The third-order valence-corrected chi connectivity index (χ3v) is 3.02. The van der Waals surface area contributed by atoms with E-state index in [0.717, 1.165) is 5.56 Å². The minimum atomic E-state index is -0.623. The number of ether oxygens (including phenoxy) is 1. The largest absolute Gasteiger partial charge is 0.439 e. The van der Waals surface area contributed by atoms with Gasteiger partial charge in [0.1, 0.15) is 5.75 Å². The second-order valence-corrected chi connectivity index (χ2v) is 4.49. The zero-order valence-electron chi connectivity index (χ0n) is 10.2. The lowest BCUT2D eigenvalue weighted by Gasteiger charge is -2.12. The van der Waals surface area contributed by atoms with E-state index in [0.29, 0.717) is 22.2 Å². The molecule has 2 aromatic rings. The van der Waals surface area contributed by atoms with Gasteiger partial charge in [-0.3, -0.25) is 0 Å². The van der Waals surface area contributed by atoms with Crippen LogP contribution in [0.2, 0.25) is 5.02 Å². The number of benzene rings is 1. The zero-order valence-corrected chi connectivity index (χ0v) is 11.0. The Balaban J connectivity index is 2.31. The number of pyridine rings is 1. The van der Waals surface area contributed by atoms with Gasteiger partial charge in [0.05, 0.1) is 6.10 Å². The summed E-state index contributed by atoms with van der Waals surface area (Å²) in [6, 6.07) is 8.94. The molecule has 1 heterocycles. The molecule has 0 aliphatic heterocycles. The van der Waals surface area contributed by atoms with E-state index in [9.17, 15) is 5.11 Å². The van der Waals surface area contributed by atoms with Crippen LogP contribution >= 0.6 is 11.6 Å². The van der Waals surface area contributed by atoms with Crippen molar-refractivity contribution in [2.45, 2.75) is 20.0 Å². The molecule has 4 heteroatoms. The predicted molar refractivity (Wildman–Crippen MR) is 71.1 cm³/mol. The fraction of sp³-hybridized carbons (Fsp3) is 0.214. The molecule has 94 valence electrons. The Morgan fingerprint density at radius 3 is 2.78 bits per heavy atom. The van der Waals surface area contributed by atoms with Crippen molar-refractivity contribution in [3.63, 3.8) is 0 Å². The number of aryl methyl sites for hydroxylation is 1. The highest BCUT2D eigenvalue weighted by molar-refractivity contribution is 6.31. The van der Waals surface area contributed by atoms with E-state index >= 15 is 0 Å². The number of aliphatic hydroxyl groups is 1. The fourth-order valence-electron chi connectivity index (χ4n) is 1.60. The van der Waals surface area contributed by atoms with Crippen LogP contribution in [0.1, 0.15) is 24.2 Å². The van der Waals surface area contributed by atoms with E-state index in [1.807, 2.05) is 13.0 Å². The molecule has 18 heavy (non-hydrogen) atoms. The van der Waals surface area contributed by atoms with E-state index < -0.39 is 6.10 Å². The molecule has 0 fully saturated rings. The standard InChI is InChI=1S/C14H14ClNO2/c1-9-8-11(5-6-13(9)15)18-14-12(10(2)17)4-3-7-16-14/h3-8,10,17H,1-2H3/t10-/m1/s1. The van der Waals surface area contributed by atoms with Gasteiger partial charge in [0.2, 0.25) is 5.88 Å². The van der Waals surface area contributed by atoms with Crippen LogP contribution in [0.5, 0.6) is 11.6 Å². The van der Waals surface area contributed by atoms with E-state index in [1.165, 1.54) is 0 Å². The van der Waals surface area contributed by atoms with Crippen LogP contribution in [0.4, 0.5) is 0 Å². The van der Waals surface area contributed by atoms with Gasteiger partial charge in [-0.25, -0.2) is 4.98 Å². The van der Waals surface area contributed by atoms with Gasteiger partial charge in [0.25, 0.3) is 0 Å². The molecule has 0 spiro atoms. The van der Waals surface area contributed by atoms with Gasteiger partial charge in [-0.15, -0.1) is 0 Å². The molecule has 0 bridgehead atoms. The Labute approximate surface area is 111 Å². The van der Waals surface area contributed by atoms with Gasteiger partial charge in [0.15, 0.2) is 0 Å². The predicted octanol–water partition coefficient (Wildman–Crippen LogP) is 3.89. The van der Waals surface area contributed by atoms with Crippen molar-refractivity contribution in [2.24, 2.45) is 0 Å². The Morgan fingerprint density at radius 1 is 1.33 bits per heavy atom. The van der Waals surface area contributed by atoms with Crippen molar-refractivity contribution in [1.29, 1.82) is 0 Å². The highest BCUT2D eigenvalue weighted by Crippen LogP contribution is 2.29. The van der Waals surface area contributed by atoms with Crippen molar-refractivity contribution < 1.29 is 9.84 Å². The van der Waals surface area contributed by atoms with Crippen LogP contribution in [0.3, 0.4) is 0 Å². The first kappa shape index (κ1) is 12.9. The number of aromatic nitrogens is 1. The Morgan fingerprint density at radius 2 is 2.11 bits per heavy atom. The molecule has 1 aromatic carbocycles. The van der Waals surface area contributed by atoms with Crippen LogP contribution in [-0.4, -0.2) is 10.1 Å². The Bertz CT molecular complexity index is 555. The molecular weight excluding hydrogens is 250 g/mol. The van der Waals surface area contributed by atoms with Gasteiger partial charge in [-0.2, -0.15) is 0 Å². The van der Waals surface area contributed by atoms with Crippen LogP contribution < -0.4 is 4.74 Å². The summed E-state index contributed by atoms with van der Waals surface area (Å²) in [4.78, 5) is 4.13. The number of halogens is 1. The van der Waals surface area contributed by atoms with Gasteiger partial charge >= 0.3 is 0 Å². The molecule has 3 nitrogen and oxygen atoms in total. The molecule has 0 amide bonds. The summed E-state index contributed by atoms with van der Waals surface area (Å²) in [7, 11) is 0. The van der Waals surface area contributed by atoms with Gasteiger partial charge in [-0.1, -0.05) is 11.6 Å². The van der Waals surface area contributed by atoms with Crippen molar-refractivity contribution in [3.8, 4) is 11.6 Å². The zero-order chi connectivity index (χ0) is 13.1. The third kappa shape index (κ3) is 2.81. The van der Waals surface area contributed by atoms with Gasteiger partial charge < -0.3 is 9.84 Å². The summed E-state index contributed by atoms with van der Waals surface area (Å²) in [5, 5.41) is 10.3. The van der Waals surface area contributed by atoms with Gasteiger partial charge in [0, 0.05) is 16.8 Å². The minimum Gasteiger partial charge on any atom is -0.439 e. The first-order valence-electron chi connectivity index (χ1n) is 5.65. The van der Waals surface area contributed by atoms with Crippen LogP contribution in [0.15, 0.2) is 36.5 Å². The number of rotatable bonds is 3. The topological polar surface area (TPSA) is 42.4 Å². The molecule has 1 aromatic heterocycles. The molecule has 1 atom stereocenters. The summed E-state index contributed by atoms with van der Waals surface area (Å²) in [5.41, 5.74) is 1.59. The lowest BCUT2D eigenvalue weighted by atomic mass is 10.2. The molecule has 0 aliphatic rings. The molecular formula is C14H14ClNO2. The Kier molecular flexibility index (Phi) is 3.84. The second-order valence-electron chi connectivity index (χ2n) is 4.09. The smallest absolute Gasteiger partial charge is 0.225 e. The number of nitrogens with zero attached hydrogens (tertiary/aromatic N) is 1. The first-order valence-corrected chi connectivity index (χ1v) is 6.02. The van der Waals surface area contributed by atoms with Crippen molar-refractivity contribution in [2.75, 3.05) is 0 Å². The second kappa shape index (κ2) is 5.38. The average Bonchev–Trinajstić information content (AvgIpc) is 2.34. The number of hydrogen-bond acceptors (Lipinski definition) is 3. The van der Waals surface area contributed by atoms with Crippen molar-refractivity contribution >= 4 is 11.6 Å². The summed E-state index contributed by atoms with van der Waals surface area (Å²) >= 11 is 5.95. The van der Waals surface area contributed by atoms with Gasteiger partial charge in [-0.05, 0) is 49.7 Å². The first-order chi connectivity index (χ1) is 8.58. The maximum Gasteiger partial charge on any atom is 0.225 e. The fourth-order valence-corrected chi connectivity index (χ4v) is 1.72. The third-order valence-electron chi connectivity index (χ3n) is 2.59. The SMILES string of the molecule is Cc1cc(Oc2ncccc2[C@@H](C)O)ccc1Cl. The molecule has 0 saturated carbocycles. The lowest BCUT2D eigenvalue weighted by molar-refractivity contribution is 0.194. The molecule has 0 saturated heterocycles. The molecule has 0 radical (unpaired) electrons. The molecule has 1 N–H and O–H groups in total. The van der Waals surface area contributed by atoms with E-state index in [2.05, 4.69) is 4.98 Å². The van der Waals surface area contributed by atoms with Crippen molar-refractivity contribution in [1.82, 2.24) is 4.98 Å². The van der Waals surface area contributed by atoms with Crippen LogP contribution in [0, 0.1) is 6.92 Å². The summed E-state index contributed by atoms with van der Waals surface area (Å²) in [6.45, 7) is 3.58. The van der Waals surface area contributed by atoms with E-state index in [-0.39, 0.29) is 0 Å². The molecule has 2 rings (SSSR count). The maximum absolute atomic E-state index is 9.64. The lowest BCUT2D eigenvalue weighted by Crippen LogP contribution is -1.98. The number of hydrogen-bond donors (Lipinski definition) is 1. The molecule has 0 aliphatic carbocycles. The number of aliphatic hydroxyl groups excluding tert-OH is 1. The van der Waals surface area contributed by atoms with E-state index in [1.54, 1.807) is 37.4 Å². The normalized spacial score (nSPS) is 12.2. The summed E-state index contributed by atoms with van der Waals surface area (Å²) in [6.07, 6.45) is 1.01. The van der Waals surface area contributed by atoms with Crippen LogP contribution in [-0.2, 0) is 0 Å². The molecule has 0 unspecified atom stereocenters. The highest BCUT2D eigenvalue weighted by atomic mass is 35.5. The maximum atomic E-state index is 9.64.